The standard InChI is InChI=1S/C22H20N4O3/c1-2-6-16-20-19(13-9-10-17(27)18(28)11-13)15(12-23)21(24)29-22(20)26(25-16)14-7-4-3-5-8-14/h3-5,7-11,19,27-28H,2,6,24H2,1H3/t19-/m1/s1. The predicted octanol–water partition coefficient (Wildman–Crippen LogP) is 3.45. The lowest BCUT2D eigenvalue weighted by molar-refractivity contribution is 0.366. The molecule has 146 valence electrons. The van der Waals surface area contributed by atoms with Gasteiger partial charge in [0.25, 0.3) is 0 Å². The van der Waals surface area contributed by atoms with Gasteiger partial charge in [-0.15, -0.1) is 0 Å². The van der Waals surface area contributed by atoms with E-state index >= 15 is 0 Å². The van der Waals surface area contributed by atoms with Crippen molar-refractivity contribution in [3.63, 3.8) is 0 Å². The Labute approximate surface area is 167 Å². The van der Waals surface area contributed by atoms with Gasteiger partial charge in [0.1, 0.15) is 11.6 Å². The van der Waals surface area contributed by atoms with Crippen LogP contribution in [0.3, 0.4) is 0 Å². The van der Waals surface area contributed by atoms with Crippen molar-refractivity contribution in [3.8, 4) is 29.1 Å². The molecule has 1 atom stereocenters. The lowest BCUT2D eigenvalue weighted by Crippen LogP contribution is -2.22. The van der Waals surface area contributed by atoms with Gasteiger partial charge in [0, 0.05) is 0 Å². The highest BCUT2D eigenvalue weighted by Crippen LogP contribution is 2.46. The van der Waals surface area contributed by atoms with E-state index in [9.17, 15) is 15.5 Å². The fourth-order valence-corrected chi connectivity index (χ4v) is 3.63. The van der Waals surface area contributed by atoms with Crippen molar-refractivity contribution in [3.05, 3.63) is 76.8 Å². The summed E-state index contributed by atoms with van der Waals surface area (Å²) in [5, 5.41) is 34.3. The van der Waals surface area contributed by atoms with Gasteiger partial charge in [-0.05, 0) is 36.2 Å². The number of aryl methyl sites for hydroxylation is 1. The molecule has 0 aliphatic carbocycles. The highest BCUT2D eigenvalue weighted by atomic mass is 16.5. The number of nitrogens with zero attached hydrogens (tertiary/aromatic N) is 3. The maximum absolute atomic E-state index is 10.0. The second-order valence-corrected chi connectivity index (χ2v) is 6.84. The quantitative estimate of drug-likeness (QED) is 0.589. The molecule has 2 heterocycles. The number of fused-ring (bicyclic) bond motifs is 1. The summed E-state index contributed by atoms with van der Waals surface area (Å²) in [5.41, 5.74) is 9.32. The Morgan fingerprint density at radius 1 is 1.17 bits per heavy atom. The van der Waals surface area contributed by atoms with Gasteiger partial charge in [0.15, 0.2) is 11.5 Å². The molecule has 4 rings (SSSR count). The smallest absolute Gasteiger partial charge is 0.229 e. The minimum absolute atomic E-state index is 0.00213. The van der Waals surface area contributed by atoms with E-state index in [0.717, 1.165) is 23.4 Å². The van der Waals surface area contributed by atoms with E-state index in [0.29, 0.717) is 17.9 Å². The molecule has 0 bridgehead atoms. The summed E-state index contributed by atoms with van der Waals surface area (Å²) in [6.07, 6.45) is 1.54. The molecule has 7 heteroatoms. The molecule has 2 aromatic carbocycles. The van der Waals surface area contributed by atoms with Gasteiger partial charge in [0.2, 0.25) is 11.8 Å². The number of ether oxygens (including phenoxy) is 1. The van der Waals surface area contributed by atoms with E-state index in [1.807, 2.05) is 30.3 Å². The number of aromatic nitrogens is 2. The van der Waals surface area contributed by atoms with Crippen LogP contribution in [0, 0.1) is 11.3 Å². The first-order valence-electron chi connectivity index (χ1n) is 9.31. The lowest BCUT2D eigenvalue weighted by atomic mass is 9.83. The zero-order chi connectivity index (χ0) is 20.5. The van der Waals surface area contributed by atoms with Gasteiger partial charge in [-0.1, -0.05) is 37.6 Å². The lowest BCUT2D eigenvalue weighted by Gasteiger charge is -2.25. The number of nitrogens with two attached hydrogens (primary N) is 1. The van der Waals surface area contributed by atoms with Crippen LogP contribution in [0.15, 0.2) is 60.0 Å². The summed E-state index contributed by atoms with van der Waals surface area (Å²) in [4.78, 5) is 0. The molecule has 0 unspecified atom stereocenters. The minimum Gasteiger partial charge on any atom is -0.504 e. The van der Waals surface area contributed by atoms with Gasteiger partial charge in [-0.2, -0.15) is 10.4 Å². The number of allylic oxidation sites excluding steroid dienone is 1. The number of phenols is 2. The average Bonchev–Trinajstić information content (AvgIpc) is 3.08. The third-order valence-corrected chi connectivity index (χ3v) is 4.94. The number of nitriles is 1. The molecular formula is C22H20N4O3. The summed E-state index contributed by atoms with van der Waals surface area (Å²) in [5.74, 6) is -0.607. The SMILES string of the molecule is CCCc1nn(-c2ccccc2)c2c1[C@H](c1ccc(O)c(O)c1)C(C#N)=C(N)O2. The molecule has 1 aliphatic heterocycles. The second kappa shape index (κ2) is 7.24. The Bertz CT molecular complexity index is 1140. The normalized spacial score (nSPS) is 15.5. The number of hydrogen-bond donors (Lipinski definition) is 3. The number of aromatic hydroxyl groups is 2. The molecule has 0 saturated carbocycles. The molecule has 0 fully saturated rings. The molecule has 0 spiro atoms. The van der Waals surface area contributed by atoms with Gasteiger partial charge < -0.3 is 20.7 Å². The molecule has 4 N–H and O–H groups in total. The highest BCUT2D eigenvalue weighted by molar-refractivity contribution is 5.59. The van der Waals surface area contributed by atoms with Crippen molar-refractivity contribution in [1.82, 2.24) is 9.78 Å². The number of hydrogen-bond acceptors (Lipinski definition) is 6. The van der Waals surface area contributed by atoms with Crippen LogP contribution >= 0.6 is 0 Å². The highest BCUT2D eigenvalue weighted by Gasteiger charge is 2.37. The van der Waals surface area contributed by atoms with Crippen molar-refractivity contribution < 1.29 is 14.9 Å². The second-order valence-electron chi connectivity index (χ2n) is 6.84. The molecule has 0 amide bonds. The van der Waals surface area contributed by atoms with Crippen LogP contribution in [0.2, 0.25) is 0 Å². The van der Waals surface area contributed by atoms with Crippen LogP contribution in [0.5, 0.6) is 17.4 Å². The number of benzene rings is 2. The first-order chi connectivity index (χ1) is 14.0. The van der Waals surface area contributed by atoms with Crippen molar-refractivity contribution in [1.29, 1.82) is 5.26 Å². The summed E-state index contributed by atoms with van der Waals surface area (Å²) in [6.45, 7) is 2.05. The van der Waals surface area contributed by atoms with Crippen LogP contribution in [0.25, 0.3) is 5.69 Å². The molecular weight excluding hydrogens is 368 g/mol. The monoisotopic (exact) mass is 388 g/mol. The Kier molecular flexibility index (Phi) is 4.61. The van der Waals surface area contributed by atoms with Crippen LogP contribution in [-0.4, -0.2) is 20.0 Å². The molecule has 29 heavy (non-hydrogen) atoms. The van der Waals surface area contributed by atoms with Crippen LogP contribution < -0.4 is 10.5 Å². The van der Waals surface area contributed by atoms with Gasteiger partial charge in [-0.3, -0.25) is 0 Å². The van der Waals surface area contributed by atoms with E-state index < -0.39 is 5.92 Å². The van der Waals surface area contributed by atoms with E-state index in [-0.39, 0.29) is 23.0 Å². The van der Waals surface area contributed by atoms with Crippen LogP contribution in [0.4, 0.5) is 0 Å². The number of phenolic OH excluding ortho intramolecular Hbond substituents is 2. The van der Waals surface area contributed by atoms with Crippen LogP contribution in [0.1, 0.15) is 36.1 Å². The Morgan fingerprint density at radius 3 is 2.59 bits per heavy atom. The molecule has 7 nitrogen and oxygen atoms in total. The Hall–Kier alpha value is -3.92. The maximum atomic E-state index is 10.0. The zero-order valence-electron chi connectivity index (χ0n) is 15.8. The Balaban J connectivity index is 1.99. The summed E-state index contributed by atoms with van der Waals surface area (Å²) >= 11 is 0. The zero-order valence-corrected chi connectivity index (χ0v) is 15.8. The van der Waals surface area contributed by atoms with Gasteiger partial charge >= 0.3 is 0 Å². The molecule has 1 aromatic heterocycles. The number of rotatable bonds is 4. The van der Waals surface area contributed by atoms with Crippen molar-refractivity contribution in [2.75, 3.05) is 0 Å². The maximum Gasteiger partial charge on any atom is 0.229 e. The fraction of sp³-hybridized carbons (Fsp3) is 0.182. The topological polar surface area (TPSA) is 117 Å². The fourth-order valence-electron chi connectivity index (χ4n) is 3.63. The largest absolute Gasteiger partial charge is 0.504 e. The average molecular weight is 388 g/mol. The molecule has 1 aliphatic rings. The van der Waals surface area contributed by atoms with Gasteiger partial charge in [-0.25, -0.2) is 4.68 Å². The third-order valence-electron chi connectivity index (χ3n) is 4.94. The molecule has 0 saturated heterocycles. The Morgan fingerprint density at radius 2 is 1.93 bits per heavy atom. The number of para-hydroxylation sites is 1. The van der Waals surface area contributed by atoms with E-state index in [1.54, 1.807) is 10.7 Å². The van der Waals surface area contributed by atoms with Crippen molar-refractivity contribution in [2.24, 2.45) is 5.73 Å². The van der Waals surface area contributed by atoms with E-state index in [1.165, 1.54) is 12.1 Å². The van der Waals surface area contributed by atoms with Gasteiger partial charge in [0.05, 0.1) is 22.9 Å². The summed E-state index contributed by atoms with van der Waals surface area (Å²) in [6, 6.07) is 16.2. The van der Waals surface area contributed by atoms with E-state index in [2.05, 4.69) is 13.0 Å². The molecule has 0 radical (unpaired) electrons. The predicted molar refractivity (Wildman–Crippen MR) is 107 cm³/mol. The first-order valence-corrected chi connectivity index (χ1v) is 9.31. The van der Waals surface area contributed by atoms with Crippen molar-refractivity contribution >= 4 is 0 Å². The first kappa shape index (κ1) is 18.4. The molecule has 3 aromatic rings. The van der Waals surface area contributed by atoms with E-state index in [4.69, 9.17) is 15.6 Å². The van der Waals surface area contributed by atoms with Crippen molar-refractivity contribution in [2.45, 2.75) is 25.7 Å². The summed E-state index contributed by atoms with van der Waals surface area (Å²) in [7, 11) is 0. The minimum atomic E-state index is -0.561. The van der Waals surface area contributed by atoms with Crippen LogP contribution in [-0.2, 0) is 6.42 Å². The summed E-state index contributed by atoms with van der Waals surface area (Å²) < 4.78 is 7.57. The third kappa shape index (κ3) is 3.05.